The number of ketones is 1. The third-order valence-electron chi connectivity index (χ3n) is 9.67. The number of carbonyl (C=O) groups excluding carboxylic acids is 6. The van der Waals surface area contributed by atoms with Crippen LogP contribution in [0.1, 0.15) is 84.3 Å². The number of amides is 5. The SMILES string of the molecule is C=CC1CC1(NC(=O)C1CC(OC(=O)N2Cc3cccc(F)c3C2)CN1C(=O)C(CCC(=O)C=C(C)C)NC(=O)OC(C)(C)C)C(=O)NS(=O)(=O)C1CC1. The van der Waals surface area contributed by atoms with Crippen molar-refractivity contribution < 1.29 is 51.0 Å². The highest BCUT2D eigenvalue weighted by Gasteiger charge is 2.62. The fourth-order valence-corrected chi connectivity index (χ4v) is 8.07. The van der Waals surface area contributed by atoms with Crippen molar-refractivity contribution in [1.82, 2.24) is 25.2 Å². The molecule has 3 fully saturated rings. The summed E-state index contributed by atoms with van der Waals surface area (Å²) in [5, 5.41) is 4.48. The van der Waals surface area contributed by atoms with E-state index in [1.807, 2.05) is 0 Å². The van der Waals surface area contributed by atoms with Crippen LogP contribution in [0.3, 0.4) is 0 Å². The van der Waals surface area contributed by atoms with Gasteiger partial charge in [0.25, 0.3) is 5.91 Å². The number of alkyl carbamates (subject to hydrolysis) is 1. The monoisotopic (exact) mass is 773 g/mol. The molecular weight excluding hydrogens is 725 g/mol. The van der Waals surface area contributed by atoms with Gasteiger partial charge in [-0.2, -0.15) is 0 Å². The molecule has 2 saturated carbocycles. The molecule has 1 saturated heterocycles. The van der Waals surface area contributed by atoms with Gasteiger partial charge in [-0.1, -0.05) is 23.8 Å². The van der Waals surface area contributed by atoms with E-state index in [-0.39, 0.29) is 51.1 Å². The number of hydrogen-bond donors (Lipinski definition) is 3. The van der Waals surface area contributed by atoms with Crippen molar-refractivity contribution in [3.63, 3.8) is 0 Å². The summed E-state index contributed by atoms with van der Waals surface area (Å²) < 4.78 is 53.0. The summed E-state index contributed by atoms with van der Waals surface area (Å²) in [7, 11) is -3.97. The summed E-state index contributed by atoms with van der Waals surface area (Å²) in [4.78, 5) is 83.2. The van der Waals surface area contributed by atoms with Crippen LogP contribution >= 0.6 is 0 Å². The zero-order chi connectivity index (χ0) is 39.7. The Kier molecular flexibility index (Phi) is 11.6. The van der Waals surface area contributed by atoms with E-state index in [1.165, 1.54) is 29.2 Å². The third kappa shape index (κ3) is 9.46. The molecule has 15 nitrogen and oxygen atoms in total. The lowest BCUT2D eigenvalue weighted by Crippen LogP contribution is -2.58. The molecule has 5 unspecified atom stereocenters. The van der Waals surface area contributed by atoms with E-state index in [1.54, 1.807) is 40.7 Å². The highest BCUT2D eigenvalue weighted by Crippen LogP contribution is 2.45. The number of likely N-dealkylation sites (tertiary alicyclic amines) is 1. The maximum atomic E-state index is 14.4. The van der Waals surface area contributed by atoms with E-state index in [0.29, 0.717) is 24.0 Å². The topological polar surface area (TPSA) is 198 Å². The molecule has 1 aromatic rings. The van der Waals surface area contributed by atoms with Crippen molar-refractivity contribution in [2.24, 2.45) is 5.92 Å². The molecule has 1 aromatic carbocycles. The molecule has 0 spiro atoms. The van der Waals surface area contributed by atoms with Crippen molar-refractivity contribution in [2.75, 3.05) is 6.54 Å². The molecule has 5 amide bonds. The molecule has 2 aliphatic heterocycles. The van der Waals surface area contributed by atoms with E-state index < -0.39 is 86.2 Å². The summed E-state index contributed by atoms with van der Waals surface area (Å²) >= 11 is 0. The van der Waals surface area contributed by atoms with Gasteiger partial charge >= 0.3 is 12.2 Å². The Morgan fingerprint density at radius 2 is 1.81 bits per heavy atom. The fourth-order valence-electron chi connectivity index (χ4n) is 6.71. The zero-order valence-corrected chi connectivity index (χ0v) is 31.9. The maximum absolute atomic E-state index is 14.4. The number of hydrogen-bond acceptors (Lipinski definition) is 10. The lowest BCUT2D eigenvalue weighted by Gasteiger charge is -2.30. The molecule has 5 atom stereocenters. The fraction of sp³-hybridized carbons (Fsp3) is 0.568. The molecule has 0 aromatic heterocycles. The molecule has 3 N–H and O–H groups in total. The Bertz CT molecular complexity index is 1870. The number of benzene rings is 1. The first-order chi connectivity index (χ1) is 25.2. The van der Waals surface area contributed by atoms with Gasteiger partial charge in [-0.05, 0) is 78.0 Å². The van der Waals surface area contributed by atoms with Crippen LogP contribution in [-0.2, 0) is 51.8 Å². The highest BCUT2D eigenvalue weighted by molar-refractivity contribution is 7.91. The molecule has 5 rings (SSSR count). The molecular formula is C37H48FN5O10S. The van der Waals surface area contributed by atoms with E-state index in [2.05, 4.69) is 21.9 Å². The summed E-state index contributed by atoms with van der Waals surface area (Å²) in [6.07, 6.45) is 0.324. The number of rotatable bonds is 13. The molecule has 4 aliphatic rings. The predicted octanol–water partition coefficient (Wildman–Crippen LogP) is 3.13. The molecule has 0 radical (unpaired) electrons. The summed E-state index contributed by atoms with van der Waals surface area (Å²) in [5.41, 5.74) is -0.910. The molecule has 17 heteroatoms. The minimum atomic E-state index is -3.97. The van der Waals surface area contributed by atoms with Crippen LogP contribution in [0.4, 0.5) is 14.0 Å². The maximum Gasteiger partial charge on any atom is 0.410 e. The van der Waals surface area contributed by atoms with Crippen LogP contribution < -0.4 is 15.4 Å². The van der Waals surface area contributed by atoms with Gasteiger partial charge in [-0.3, -0.25) is 28.8 Å². The van der Waals surface area contributed by atoms with E-state index in [9.17, 15) is 41.6 Å². The molecule has 2 aliphatic carbocycles. The van der Waals surface area contributed by atoms with Crippen LogP contribution in [0.2, 0.25) is 0 Å². The van der Waals surface area contributed by atoms with Crippen molar-refractivity contribution in [3.05, 3.63) is 59.4 Å². The second kappa shape index (κ2) is 15.5. The van der Waals surface area contributed by atoms with Crippen molar-refractivity contribution >= 4 is 45.7 Å². The third-order valence-corrected chi connectivity index (χ3v) is 11.5. The van der Waals surface area contributed by atoms with Gasteiger partial charge in [0.05, 0.1) is 18.3 Å². The Morgan fingerprint density at radius 1 is 1.11 bits per heavy atom. The number of nitrogens with one attached hydrogen (secondary N) is 3. The average molecular weight is 774 g/mol. The van der Waals surface area contributed by atoms with Gasteiger partial charge in [-0.25, -0.2) is 22.4 Å². The normalized spacial score (nSPS) is 23.7. The van der Waals surface area contributed by atoms with Gasteiger partial charge in [-0.15, -0.1) is 6.58 Å². The number of fused-ring (bicyclic) bond motifs is 1. The first kappa shape index (κ1) is 40.4. The largest absolute Gasteiger partial charge is 0.444 e. The molecule has 0 bridgehead atoms. The minimum absolute atomic E-state index is 0.0496. The molecule has 2 heterocycles. The van der Waals surface area contributed by atoms with Crippen molar-refractivity contribution in [2.45, 2.75) is 121 Å². The second-order valence-electron chi connectivity index (χ2n) is 15.6. The summed E-state index contributed by atoms with van der Waals surface area (Å²) in [6.45, 7) is 11.8. The Balaban J connectivity index is 1.39. The van der Waals surface area contributed by atoms with Crippen molar-refractivity contribution in [1.29, 1.82) is 0 Å². The Morgan fingerprint density at radius 3 is 2.41 bits per heavy atom. The van der Waals surface area contributed by atoms with E-state index in [4.69, 9.17) is 9.47 Å². The summed E-state index contributed by atoms with van der Waals surface area (Å²) in [5.74, 6) is -3.94. The van der Waals surface area contributed by atoms with Crippen LogP contribution in [0.15, 0.2) is 42.5 Å². The van der Waals surface area contributed by atoms with Crippen LogP contribution in [0, 0.1) is 11.7 Å². The number of halogens is 1. The number of carbonyl (C=O) groups is 6. The van der Waals surface area contributed by atoms with Gasteiger partial charge in [0.15, 0.2) is 5.78 Å². The van der Waals surface area contributed by atoms with Crippen LogP contribution in [0.5, 0.6) is 0 Å². The number of ether oxygens (including phenoxy) is 2. The summed E-state index contributed by atoms with van der Waals surface area (Å²) in [6, 6.07) is 1.79. The van der Waals surface area contributed by atoms with E-state index >= 15 is 0 Å². The standard InChI is InChI=1S/C37H48FN5O10S/c1-7-23-17-37(23,33(47)41-54(50,51)26-12-13-26)40-31(45)30-16-25(52-35(49)42-18-22-9-8-10-28(38)27(22)20-42)19-43(30)32(46)29(14-11-24(44)15-21(2)3)39-34(48)53-36(4,5)6/h7-10,15,23,25-26,29-30H,1,11-14,16-20H2,2-6H3,(H,39,48)(H,40,45)(H,41,47). The number of allylic oxidation sites excluding steroid dienone is 2. The van der Waals surface area contributed by atoms with E-state index in [0.717, 1.165) is 10.5 Å². The minimum Gasteiger partial charge on any atom is -0.444 e. The average Bonchev–Trinajstić information content (AvgIpc) is 3.96. The van der Waals surface area contributed by atoms with Gasteiger partial charge in [0.2, 0.25) is 21.8 Å². The predicted molar refractivity (Wildman–Crippen MR) is 192 cm³/mol. The van der Waals surface area contributed by atoms with Gasteiger partial charge in [0, 0.05) is 30.9 Å². The Labute approximate surface area is 314 Å². The smallest absolute Gasteiger partial charge is 0.410 e. The highest BCUT2D eigenvalue weighted by atomic mass is 32.2. The number of nitrogens with zero attached hydrogens (tertiary/aromatic N) is 2. The first-order valence-corrected chi connectivity index (χ1v) is 19.5. The van der Waals surface area contributed by atoms with Gasteiger partial charge in [0.1, 0.15) is 35.1 Å². The molecule has 294 valence electrons. The quantitative estimate of drug-likeness (QED) is 0.198. The van der Waals surface area contributed by atoms with Crippen LogP contribution in [-0.4, -0.2) is 95.0 Å². The molecule has 54 heavy (non-hydrogen) atoms. The van der Waals surface area contributed by atoms with Gasteiger partial charge < -0.3 is 25.0 Å². The number of sulfonamides is 1. The van der Waals surface area contributed by atoms with Crippen molar-refractivity contribution in [3.8, 4) is 0 Å². The lowest BCUT2D eigenvalue weighted by atomic mass is 10.1. The lowest BCUT2D eigenvalue weighted by molar-refractivity contribution is -0.141. The Hall–Kier alpha value is -4.80. The zero-order valence-electron chi connectivity index (χ0n) is 31.1. The second-order valence-corrected chi connectivity index (χ2v) is 17.6. The van der Waals surface area contributed by atoms with Crippen LogP contribution in [0.25, 0.3) is 0 Å². The first-order valence-electron chi connectivity index (χ1n) is 17.9.